The minimum Gasteiger partial charge on any atom is -0.316 e. The van der Waals surface area contributed by atoms with E-state index in [4.69, 9.17) is 0 Å². The van der Waals surface area contributed by atoms with Gasteiger partial charge in [0, 0.05) is 18.6 Å². The van der Waals surface area contributed by atoms with Crippen LogP contribution in [0.15, 0.2) is 0 Å². The molecule has 0 aliphatic carbocycles. The third-order valence-corrected chi connectivity index (χ3v) is 2.05. The van der Waals surface area contributed by atoms with E-state index in [0.29, 0.717) is 12.1 Å². The van der Waals surface area contributed by atoms with E-state index in [1.165, 1.54) is 12.8 Å². The maximum Gasteiger partial charge on any atom is 0.0397 e. The topological polar surface area (TPSA) is 26.1 Å². The Morgan fingerprint density at radius 3 is 2.89 bits per heavy atom. The van der Waals surface area contributed by atoms with Crippen molar-refractivity contribution in [2.45, 2.75) is 31.8 Å². The van der Waals surface area contributed by atoms with Gasteiger partial charge in [0.25, 0.3) is 0 Å². The summed E-state index contributed by atoms with van der Waals surface area (Å²) in [4.78, 5) is 0. The SMILES string of the molecule is CNC(C)C1CCC[N]1. The fourth-order valence-corrected chi connectivity index (χ4v) is 1.25. The molecule has 1 fully saturated rings. The average Bonchev–Trinajstić information content (AvgIpc) is 2.37. The number of rotatable bonds is 2. The van der Waals surface area contributed by atoms with Crippen molar-refractivity contribution in [2.24, 2.45) is 0 Å². The summed E-state index contributed by atoms with van der Waals surface area (Å²) in [5.74, 6) is 0. The number of nitrogens with one attached hydrogen (secondary N) is 1. The lowest BCUT2D eigenvalue weighted by Gasteiger charge is -2.16. The molecule has 0 aromatic carbocycles. The third kappa shape index (κ3) is 1.66. The molecule has 0 aromatic rings. The minimum atomic E-state index is 0.576. The number of likely N-dealkylation sites (N-methyl/N-ethyl adjacent to an activating group) is 1. The molecule has 0 amide bonds. The lowest BCUT2D eigenvalue weighted by atomic mass is 10.1. The molecule has 0 spiro atoms. The number of hydrogen-bond acceptors (Lipinski definition) is 1. The molecule has 1 saturated heterocycles. The smallest absolute Gasteiger partial charge is 0.0397 e. The summed E-state index contributed by atoms with van der Waals surface area (Å²) in [6, 6.07) is 1.17. The zero-order valence-corrected chi connectivity index (χ0v) is 6.22. The summed E-state index contributed by atoms with van der Waals surface area (Å²) >= 11 is 0. The molecule has 2 atom stereocenters. The summed E-state index contributed by atoms with van der Waals surface area (Å²) in [6.45, 7) is 3.27. The highest BCUT2D eigenvalue weighted by Crippen LogP contribution is 2.09. The monoisotopic (exact) mass is 127 g/mol. The Hall–Kier alpha value is -0.0800. The Morgan fingerprint density at radius 2 is 2.44 bits per heavy atom. The predicted octanol–water partition coefficient (Wildman–Crippen LogP) is 0.361. The Kier molecular flexibility index (Phi) is 2.49. The van der Waals surface area contributed by atoms with E-state index in [2.05, 4.69) is 17.6 Å². The van der Waals surface area contributed by atoms with Crippen LogP contribution in [0.1, 0.15) is 19.8 Å². The molecular formula is C7H15N2. The molecule has 2 unspecified atom stereocenters. The molecule has 1 aliphatic rings. The van der Waals surface area contributed by atoms with Gasteiger partial charge in [-0.15, -0.1) is 0 Å². The lowest BCUT2D eigenvalue weighted by molar-refractivity contribution is 0.449. The van der Waals surface area contributed by atoms with Crippen molar-refractivity contribution >= 4 is 0 Å². The highest BCUT2D eigenvalue weighted by molar-refractivity contribution is 4.81. The van der Waals surface area contributed by atoms with Crippen molar-refractivity contribution in [3.8, 4) is 0 Å². The first-order chi connectivity index (χ1) is 4.34. The highest BCUT2D eigenvalue weighted by atomic mass is 15.0. The van der Waals surface area contributed by atoms with Gasteiger partial charge >= 0.3 is 0 Å². The van der Waals surface area contributed by atoms with Crippen LogP contribution in [0.3, 0.4) is 0 Å². The van der Waals surface area contributed by atoms with Gasteiger partial charge in [-0.25, -0.2) is 5.32 Å². The minimum absolute atomic E-state index is 0.576. The van der Waals surface area contributed by atoms with Crippen LogP contribution in [-0.4, -0.2) is 25.7 Å². The fourth-order valence-electron chi connectivity index (χ4n) is 1.25. The van der Waals surface area contributed by atoms with Crippen LogP contribution in [-0.2, 0) is 0 Å². The van der Waals surface area contributed by atoms with Gasteiger partial charge in [0.15, 0.2) is 0 Å². The summed E-state index contributed by atoms with van der Waals surface area (Å²) in [6.07, 6.45) is 2.57. The van der Waals surface area contributed by atoms with Gasteiger partial charge in [0.1, 0.15) is 0 Å². The van der Waals surface area contributed by atoms with Crippen LogP contribution < -0.4 is 10.6 Å². The van der Waals surface area contributed by atoms with Crippen molar-refractivity contribution in [2.75, 3.05) is 13.6 Å². The van der Waals surface area contributed by atoms with Gasteiger partial charge < -0.3 is 5.32 Å². The fraction of sp³-hybridized carbons (Fsp3) is 1.00. The quantitative estimate of drug-likeness (QED) is 0.569. The van der Waals surface area contributed by atoms with E-state index in [1.54, 1.807) is 0 Å². The second kappa shape index (κ2) is 3.18. The molecule has 9 heavy (non-hydrogen) atoms. The van der Waals surface area contributed by atoms with Crippen LogP contribution in [0, 0.1) is 0 Å². The van der Waals surface area contributed by atoms with Crippen LogP contribution in [0.4, 0.5) is 0 Å². The Morgan fingerprint density at radius 1 is 1.67 bits per heavy atom. The first-order valence-corrected chi connectivity index (χ1v) is 3.68. The Bertz CT molecular complexity index is 77.0. The van der Waals surface area contributed by atoms with E-state index < -0.39 is 0 Å². The van der Waals surface area contributed by atoms with Gasteiger partial charge in [-0.3, -0.25) is 0 Å². The van der Waals surface area contributed by atoms with Crippen molar-refractivity contribution < 1.29 is 0 Å². The molecule has 0 bridgehead atoms. The van der Waals surface area contributed by atoms with Crippen LogP contribution >= 0.6 is 0 Å². The predicted molar refractivity (Wildman–Crippen MR) is 38.5 cm³/mol. The van der Waals surface area contributed by atoms with E-state index in [-0.39, 0.29) is 0 Å². The summed E-state index contributed by atoms with van der Waals surface area (Å²) in [5.41, 5.74) is 0. The van der Waals surface area contributed by atoms with E-state index >= 15 is 0 Å². The van der Waals surface area contributed by atoms with E-state index in [0.717, 1.165) is 6.54 Å². The van der Waals surface area contributed by atoms with Crippen LogP contribution in [0.25, 0.3) is 0 Å². The molecule has 2 nitrogen and oxygen atoms in total. The molecule has 1 rings (SSSR count). The maximum absolute atomic E-state index is 4.44. The van der Waals surface area contributed by atoms with E-state index in [9.17, 15) is 0 Å². The van der Waals surface area contributed by atoms with Gasteiger partial charge in [-0.1, -0.05) is 0 Å². The largest absolute Gasteiger partial charge is 0.316 e. The highest BCUT2D eigenvalue weighted by Gasteiger charge is 2.20. The van der Waals surface area contributed by atoms with Gasteiger partial charge in [0.05, 0.1) is 0 Å². The lowest BCUT2D eigenvalue weighted by Crippen LogP contribution is -2.37. The average molecular weight is 127 g/mol. The normalized spacial score (nSPS) is 30.7. The molecular weight excluding hydrogens is 112 g/mol. The molecule has 1 radical (unpaired) electrons. The van der Waals surface area contributed by atoms with Crippen molar-refractivity contribution in [3.05, 3.63) is 0 Å². The first-order valence-electron chi connectivity index (χ1n) is 3.68. The van der Waals surface area contributed by atoms with Crippen molar-refractivity contribution in [1.82, 2.24) is 10.6 Å². The maximum atomic E-state index is 4.44. The van der Waals surface area contributed by atoms with Gasteiger partial charge in [0.2, 0.25) is 0 Å². The first kappa shape index (κ1) is 7.03. The standard InChI is InChI=1S/C7H15N2/c1-6(8-2)7-4-3-5-9-7/h6-8H,3-5H2,1-2H3. The van der Waals surface area contributed by atoms with Crippen LogP contribution in [0.2, 0.25) is 0 Å². The number of nitrogens with zero attached hydrogens (tertiary/aromatic N) is 1. The molecule has 1 aliphatic heterocycles. The molecule has 1 N–H and O–H groups in total. The van der Waals surface area contributed by atoms with Gasteiger partial charge in [-0.2, -0.15) is 0 Å². The summed E-state index contributed by atoms with van der Waals surface area (Å²) in [7, 11) is 2.00. The summed E-state index contributed by atoms with van der Waals surface area (Å²) in [5, 5.41) is 7.66. The zero-order valence-electron chi connectivity index (χ0n) is 6.22. The van der Waals surface area contributed by atoms with E-state index in [1.807, 2.05) is 7.05 Å². The summed E-state index contributed by atoms with van der Waals surface area (Å²) < 4.78 is 0. The molecule has 53 valence electrons. The van der Waals surface area contributed by atoms with Crippen molar-refractivity contribution in [1.29, 1.82) is 0 Å². The third-order valence-electron chi connectivity index (χ3n) is 2.05. The molecule has 0 aromatic heterocycles. The zero-order chi connectivity index (χ0) is 6.69. The molecule has 0 saturated carbocycles. The second-order valence-corrected chi connectivity index (χ2v) is 2.69. The molecule has 2 heteroatoms. The van der Waals surface area contributed by atoms with Gasteiger partial charge in [-0.05, 0) is 26.8 Å². The Balaban J connectivity index is 2.24. The van der Waals surface area contributed by atoms with Crippen LogP contribution in [0.5, 0.6) is 0 Å². The number of hydrogen-bond donors (Lipinski definition) is 1. The van der Waals surface area contributed by atoms with Crippen molar-refractivity contribution in [3.63, 3.8) is 0 Å². The Labute approximate surface area is 57.0 Å². The second-order valence-electron chi connectivity index (χ2n) is 2.69. The molecule has 1 heterocycles.